The summed E-state index contributed by atoms with van der Waals surface area (Å²) in [6, 6.07) is 0. The predicted molar refractivity (Wildman–Crippen MR) is 43.8 cm³/mol. The first-order valence-corrected chi connectivity index (χ1v) is 4.35. The normalized spacial score (nSPS) is 26.8. The molecule has 0 heterocycles. The van der Waals surface area contributed by atoms with E-state index in [9.17, 15) is 9.59 Å². The Balaban J connectivity index is 2.51. The van der Waals surface area contributed by atoms with E-state index in [0.29, 0.717) is 12.8 Å². The number of carboxylic acids is 1. The number of rotatable bonds is 2. The summed E-state index contributed by atoms with van der Waals surface area (Å²) in [6.07, 6.45) is 2.86. The van der Waals surface area contributed by atoms with Crippen molar-refractivity contribution >= 4 is 11.8 Å². The summed E-state index contributed by atoms with van der Waals surface area (Å²) in [5.41, 5.74) is 0. The van der Waals surface area contributed by atoms with Crippen LogP contribution < -0.4 is 0 Å². The summed E-state index contributed by atoms with van der Waals surface area (Å²) in [7, 11) is 0. The molecule has 3 nitrogen and oxygen atoms in total. The number of carboxylic acid groups (broad SMARTS) is 1. The van der Waals surface area contributed by atoms with Gasteiger partial charge in [-0.3, -0.25) is 9.59 Å². The first kappa shape index (κ1) is 9.23. The van der Waals surface area contributed by atoms with Gasteiger partial charge in [0.1, 0.15) is 5.78 Å². The second kappa shape index (κ2) is 3.70. The van der Waals surface area contributed by atoms with Crippen molar-refractivity contribution in [1.82, 2.24) is 0 Å². The van der Waals surface area contributed by atoms with Gasteiger partial charge in [0.15, 0.2) is 0 Å². The molecule has 0 unspecified atom stereocenters. The highest BCUT2D eigenvalue weighted by Crippen LogP contribution is 2.27. The number of ketones is 1. The molecule has 0 aromatic rings. The maximum Gasteiger partial charge on any atom is 0.306 e. The van der Waals surface area contributed by atoms with Gasteiger partial charge in [-0.15, -0.1) is 0 Å². The highest BCUT2D eigenvalue weighted by Gasteiger charge is 2.28. The quantitative estimate of drug-likeness (QED) is 0.682. The van der Waals surface area contributed by atoms with Crippen LogP contribution in [0.3, 0.4) is 0 Å². The fourth-order valence-corrected chi connectivity index (χ4v) is 1.69. The summed E-state index contributed by atoms with van der Waals surface area (Å²) in [6.45, 7) is 1.69. The lowest BCUT2D eigenvalue weighted by Crippen LogP contribution is -2.26. The Hall–Kier alpha value is -0.860. The molecule has 1 saturated carbocycles. The van der Waals surface area contributed by atoms with Crippen LogP contribution in [-0.4, -0.2) is 16.9 Å². The molecular weight excluding hydrogens is 156 g/mol. The molecule has 0 aromatic carbocycles. The van der Waals surface area contributed by atoms with E-state index in [1.54, 1.807) is 6.92 Å². The molecule has 12 heavy (non-hydrogen) atoms. The molecule has 0 spiro atoms. The molecule has 0 amide bonds. The van der Waals surface area contributed by atoms with E-state index < -0.39 is 5.97 Å². The van der Waals surface area contributed by atoms with Crippen LogP contribution >= 0.6 is 0 Å². The first-order valence-electron chi connectivity index (χ1n) is 4.35. The molecule has 0 saturated heterocycles. The Labute approximate surface area is 71.8 Å². The molecule has 1 rings (SSSR count). The van der Waals surface area contributed by atoms with Gasteiger partial charge in [0.25, 0.3) is 0 Å². The highest BCUT2D eigenvalue weighted by molar-refractivity contribution is 5.80. The fraction of sp³-hybridized carbons (Fsp3) is 0.778. The molecule has 1 N–H and O–H groups in total. The minimum absolute atomic E-state index is 0.0729. The number of hydrogen-bond acceptors (Lipinski definition) is 2. The lowest BCUT2D eigenvalue weighted by atomic mass is 9.80. The van der Waals surface area contributed by atoms with Crippen LogP contribution in [0.25, 0.3) is 0 Å². The van der Waals surface area contributed by atoms with Gasteiger partial charge in [-0.2, -0.15) is 0 Å². The van der Waals surface area contributed by atoms with Gasteiger partial charge in [-0.1, -0.05) is 6.92 Å². The van der Waals surface area contributed by atoms with Crippen LogP contribution in [-0.2, 0) is 9.59 Å². The van der Waals surface area contributed by atoms with Crippen LogP contribution in [0.2, 0.25) is 0 Å². The van der Waals surface area contributed by atoms with E-state index in [-0.39, 0.29) is 17.6 Å². The van der Waals surface area contributed by atoms with E-state index in [4.69, 9.17) is 5.11 Å². The summed E-state index contributed by atoms with van der Waals surface area (Å²) in [5, 5.41) is 8.71. The molecule has 68 valence electrons. The first-order chi connectivity index (χ1) is 5.61. The lowest BCUT2D eigenvalue weighted by molar-refractivity contribution is -0.143. The van der Waals surface area contributed by atoms with Gasteiger partial charge in [0.05, 0.1) is 5.92 Å². The summed E-state index contributed by atoms with van der Waals surface area (Å²) < 4.78 is 0. The third kappa shape index (κ3) is 2.06. The third-order valence-electron chi connectivity index (χ3n) is 2.62. The van der Waals surface area contributed by atoms with Crippen LogP contribution in [0.1, 0.15) is 32.6 Å². The van der Waals surface area contributed by atoms with Crippen LogP contribution in [0.5, 0.6) is 0 Å². The van der Waals surface area contributed by atoms with Crippen molar-refractivity contribution in [1.29, 1.82) is 0 Å². The SMILES string of the molecule is C[C@H](C(=O)O)[C@@H]1CCCC(=O)C1. The van der Waals surface area contributed by atoms with E-state index in [1.165, 1.54) is 0 Å². The number of carbonyl (C=O) groups excluding carboxylic acids is 1. The van der Waals surface area contributed by atoms with E-state index >= 15 is 0 Å². The molecule has 0 radical (unpaired) electrons. The van der Waals surface area contributed by atoms with Crippen molar-refractivity contribution in [3.05, 3.63) is 0 Å². The lowest BCUT2D eigenvalue weighted by Gasteiger charge is -2.23. The summed E-state index contributed by atoms with van der Waals surface area (Å²) >= 11 is 0. The number of Topliss-reactive ketones (excluding diaryl/α,β-unsaturated/α-hetero) is 1. The van der Waals surface area contributed by atoms with Crippen molar-refractivity contribution < 1.29 is 14.7 Å². The van der Waals surface area contributed by atoms with Crippen molar-refractivity contribution in [3.63, 3.8) is 0 Å². The molecule has 0 bridgehead atoms. The van der Waals surface area contributed by atoms with Crippen molar-refractivity contribution in [2.75, 3.05) is 0 Å². The minimum Gasteiger partial charge on any atom is -0.481 e. The number of carbonyl (C=O) groups is 2. The zero-order valence-corrected chi connectivity index (χ0v) is 7.25. The van der Waals surface area contributed by atoms with Crippen LogP contribution in [0.15, 0.2) is 0 Å². The average Bonchev–Trinajstić information content (AvgIpc) is 2.03. The minimum atomic E-state index is -0.783. The van der Waals surface area contributed by atoms with Gasteiger partial charge < -0.3 is 5.11 Å². The fourth-order valence-electron chi connectivity index (χ4n) is 1.69. The van der Waals surface area contributed by atoms with Gasteiger partial charge in [-0.05, 0) is 18.8 Å². The van der Waals surface area contributed by atoms with Gasteiger partial charge in [-0.25, -0.2) is 0 Å². The standard InChI is InChI=1S/C9H14O3/c1-6(9(11)12)7-3-2-4-8(10)5-7/h6-7H,2-5H2,1H3,(H,11,12)/t6-,7+/m0/s1. The van der Waals surface area contributed by atoms with Crippen LogP contribution in [0, 0.1) is 11.8 Å². The van der Waals surface area contributed by atoms with Gasteiger partial charge >= 0.3 is 5.97 Å². The molecule has 1 aliphatic rings. The molecule has 1 aliphatic carbocycles. The summed E-state index contributed by atoms with van der Waals surface area (Å²) in [5.74, 6) is -0.855. The average molecular weight is 170 g/mol. The molecule has 0 aromatic heterocycles. The van der Waals surface area contributed by atoms with Crippen molar-refractivity contribution in [3.8, 4) is 0 Å². The smallest absolute Gasteiger partial charge is 0.306 e. The Kier molecular flexibility index (Phi) is 2.84. The van der Waals surface area contributed by atoms with Gasteiger partial charge in [0, 0.05) is 12.8 Å². The van der Waals surface area contributed by atoms with Gasteiger partial charge in [0.2, 0.25) is 0 Å². The topological polar surface area (TPSA) is 54.4 Å². The Bertz CT molecular complexity index is 196. The maximum absolute atomic E-state index is 11.0. The Morgan fingerprint density at radius 1 is 1.67 bits per heavy atom. The zero-order chi connectivity index (χ0) is 9.14. The van der Waals surface area contributed by atoms with E-state index in [2.05, 4.69) is 0 Å². The van der Waals surface area contributed by atoms with Crippen molar-refractivity contribution in [2.24, 2.45) is 11.8 Å². The molecule has 1 fully saturated rings. The molecule has 2 atom stereocenters. The van der Waals surface area contributed by atoms with Crippen LogP contribution in [0.4, 0.5) is 0 Å². The molecule has 3 heteroatoms. The zero-order valence-electron chi connectivity index (χ0n) is 7.25. The summed E-state index contributed by atoms with van der Waals surface area (Å²) in [4.78, 5) is 21.6. The van der Waals surface area contributed by atoms with E-state index in [1.807, 2.05) is 0 Å². The third-order valence-corrected chi connectivity index (χ3v) is 2.62. The molecule has 0 aliphatic heterocycles. The Morgan fingerprint density at radius 3 is 2.83 bits per heavy atom. The van der Waals surface area contributed by atoms with E-state index in [0.717, 1.165) is 12.8 Å². The number of hydrogen-bond donors (Lipinski definition) is 1. The highest BCUT2D eigenvalue weighted by atomic mass is 16.4. The second-order valence-corrected chi connectivity index (χ2v) is 3.52. The number of aliphatic carboxylic acids is 1. The maximum atomic E-state index is 11.0. The molecular formula is C9H14O3. The second-order valence-electron chi connectivity index (χ2n) is 3.52. The largest absolute Gasteiger partial charge is 0.481 e. The predicted octanol–water partition coefficient (Wildman–Crippen LogP) is 1.47. The van der Waals surface area contributed by atoms with Crippen molar-refractivity contribution in [2.45, 2.75) is 32.6 Å². The Morgan fingerprint density at radius 2 is 2.33 bits per heavy atom. The monoisotopic (exact) mass is 170 g/mol.